The summed E-state index contributed by atoms with van der Waals surface area (Å²) in [5, 5.41) is 2.90. The predicted octanol–water partition coefficient (Wildman–Crippen LogP) is 3.20. The summed E-state index contributed by atoms with van der Waals surface area (Å²) in [7, 11) is 0. The second kappa shape index (κ2) is 6.50. The van der Waals surface area contributed by atoms with E-state index >= 15 is 0 Å². The van der Waals surface area contributed by atoms with Crippen LogP contribution in [0.5, 0.6) is 0 Å². The first-order valence-electron chi connectivity index (χ1n) is 6.06. The second-order valence-electron chi connectivity index (χ2n) is 4.13. The summed E-state index contributed by atoms with van der Waals surface area (Å²) >= 11 is 3.41. The molecule has 0 unspecified atom stereocenters. The molecule has 0 fully saturated rings. The van der Waals surface area contributed by atoms with Crippen molar-refractivity contribution in [1.29, 1.82) is 0 Å². The van der Waals surface area contributed by atoms with Crippen molar-refractivity contribution in [2.45, 2.75) is 6.42 Å². The number of carbonyl (C=O) groups excluding carboxylic acids is 1. The Balaban J connectivity index is 2.23. The number of rotatable bonds is 4. The molecule has 0 aromatic heterocycles. The van der Waals surface area contributed by atoms with Crippen LogP contribution in [-0.4, -0.2) is 12.5 Å². The van der Waals surface area contributed by atoms with Gasteiger partial charge in [0.2, 0.25) is 0 Å². The average Bonchev–Trinajstić information content (AvgIpc) is 2.42. The lowest BCUT2D eigenvalue weighted by molar-refractivity contribution is 0.102. The Bertz CT molecular complexity index is 584. The van der Waals surface area contributed by atoms with Crippen LogP contribution in [-0.2, 0) is 6.42 Å². The molecule has 0 saturated carbocycles. The van der Waals surface area contributed by atoms with E-state index in [4.69, 9.17) is 5.73 Å². The lowest BCUT2D eigenvalue weighted by atomic mass is 10.0. The second-order valence-corrected chi connectivity index (χ2v) is 4.98. The minimum Gasteiger partial charge on any atom is -0.330 e. The predicted molar refractivity (Wildman–Crippen MR) is 81.3 cm³/mol. The molecule has 0 aliphatic carbocycles. The molecule has 0 radical (unpaired) electrons. The maximum absolute atomic E-state index is 12.3. The Hall–Kier alpha value is -1.65. The quantitative estimate of drug-likeness (QED) is 0.909. The zero-order chi connectivity index (χ0) is 13.7. The first-order chi connectivity index (χ1) is 9.22. The van der Waals surface area contributed by atoms with E-state index in [1.54, 1.807) is 0 Å². The van der Waals surface area contributed by atoms with Gasteiger partial charge in [0.25, 0.3) is 5.91 Å². The Morgan fingerprint density at radius 2 is 1.79 bits per heavy atom. The fourth-order valence-corrected chi connectivity index (χ4v) is 2.25. The van der Waals surface area contributed by atoms with Crippen LogP contribution >= 0.6 is 15.9 Å². The van der Waals surface area contributed by atoms with E-state index in [0.717, 1.165) is 15.7 Å². The monoisotopic (exact) mass is 318 g/mol. The number of halogens is 1. The molecule has 1 amide bonds. The third-order valence-corrected chi connectivity index (χ3v) is 3.49. The Morgan fingerprint density at radius 3 is 2.53 bits per heavy atom. The lowest BCUT2D eigenvalue weighted by Gasteiger charge is -2.10. The summed E-state index contributed by atoms with van der Waals surface area (Å²) in [6, 6.07) is 15.1. The molecular formula is C15H15BrN2O. The largest absolute Gasteiger partial charge is 0.330 e. The van der Waals surface area contributed by atoms with E-state index < -0.39 is 0 Å². The fourth-order valence-electron chi connectivity index (χ4n) is 1.87. The standard InChI is InChI=1S/C15H15BrN2O/c16-13-7-3-4-8-14(13)18-15(19)12-6-2-1-5-11(12)9-10-17/h1-8H,9-10,17H2,(H,18,19). The van der Waals surface area contributed by atoms with Crippen molar-refractivity contribution < 1.29 is 4.79 Å². The van der Waals surface area contributed by atoms with Gasteiger partial charge < -0.3 is 11.1 Å². The molecule has 0 atom stereocenters. The van der Waals surface area contributed by atoms with Gasteiger partial charge in [-0.2, -0.15) is 0 Å². The average molecular weight is 319 g/mol. The van der Waals surface area contributed by atoms with E-state index in [9.17, 15) is 4.79 Å². The van der Waals surface area contributed by atoms with Gasteiger partial charge in [-0.25, -0.2) is 0 Å². The molecule has 3 nitrogen and oxygen atoms in total. The van der Waals surface area contributed by atoms with Gasteiger partial charge in [-0.15, -0.1) is 0 Å². The minimum absolute atomic E-state index is 0.115. The van der Waals surface area contributed by atoms with Gasteiger partial charge >= 0.3 is 0 Å². The van der Waals surface area contributed by atoms with E-state index in [1.165, 1.54) is 0 Å². The van der Waals surface area contributed by atoms with Crippen LogP contribution in [0.3, 0.4) is 0 Å². The molecule has 2 rings (SSSR count). The van der Waals surface area contributed by atoms with Crippen molar-refractivity contribution in [3.63, 3.8) is 0 Å². The topological polar surface area (TPSA) is 55.1 Å². The van der Waals surface area contributed by atoms with Gasteiger partial charge in [-0.1, -0.05) is 30.3 Å². The van der Waals surface area contributed by atoms with Gasteiger partial charge in [0.15, 0.2) is 0 Å². The molecule has 3 N–H and O–H groups in total. The first-order valence-corrected chi connectivity index (χ1v) is 6.85. The SMILES string of the molecule is NCCc1ccccc1C(=O)Nc1ccccc1Br. The third-order valence-electron chi connectivity index (χ3n) is 2.80. The number of carbonyl (C=O) groups is 1. The number of para-hydroxylation sites is 1. The van der Waals surface area contributed by atoms with Crippen molar-refractivity contribution in [1.82, 2.24) is 0 Å². The number of benzene rings is 2. The van der Waals surface area contributed by atoms with Crippen molar-refractivity contribution in [2.75, 3.05) is 11.9 Å². The van der Waals surface area contributed by atoms with Crippen LogP contribution in [0.25, 0.3) is 0 Å². The summed E-state index contributed by atoms with van der Waals surface area (Å²) in [6.45, 7) is 0.527. The number of hydrogen-bond acceptors (Lipinski definition) is 2. The molecular weight excluding hydrogens is 304 g/mol. The van der Waals surface area contributed by atoms with Crippen LogP contribution in [0.1, 0.15) is 15.9 Å². The molecule has 0 aliphatic rings. The van der Waals surface area contributed by atoms with Crippen molar-refractivity contribution in [3.05, 3.63) is 64.1 Å². The molecule has 0 saturated heterocycles. The van der Waals surface area contributed by atoms with Crippen molar-refractivity contribution in [3.8, 4) is 0 Å². The van der Waals surface area contributed by atoms with Gasteiger partial charge in [0, 0.05) is 10.0 Å². The number of anilines is 1. The smallest absolute Gasteiger partial charge is 0.255 e. The summed E-state index contributed by atoms with van der Waals surface area (Å²) < 4.78 is 0.861. The highest BCUT2D eigenvalue weighted by Gasteiger charge is 2.11. The number of nitrogens with one attached hydrogen (secondary N) is 1. The van der Waals surface area contributed by atoms with E-state index in [2.05, 4.69) is 21.2 Å². The maximum Gasteiger partial charge on any atom is 0.255 e. The molecule has 0 bridgehead atoms. The summed E-state index contributed by atoms with van der Waals surface area (Å²) in [5.41, 5.74) is 7.96. The highest BCUT2D eigenvalue weighted by molar-refractivity contribution is 9.10. The van der Waals surface area contributed by atoms with Crippen LogP contribution in [0, 0.1) is 0 Å². The summed E-state index contributed by atoms with van der Waals surface area (Å²) in [6.07, 6.45) is 0.694. The number of amides is 1. The third kappa shape index (κ3) is 3.43. The molecule has 0 spiro atoms. The van der Waals surface area contributed by atoms with Crippen LogP contribution < -0.4 is 11.1 Å². The summed E-state index contributed by atoms with van der Waals surface area (Å²) in [4.78, 5) is 12.3. The van der Waals surface area contributed by atoms with Gasteiger partial charge in [0.05, 0.1) is 5.69 Å². The van der Waals surface area contributed by atoms with E-state index in [-0.39, 0.29) is 5.91 Å². The zero-order valence-electron chi connectivity index (χ0n) is 10.4. The Kier molecular flexibility index (Phi) is 4.71. The minimum atomic E-state index is -0.115. The normalized spacial score (nSPS) is 10.2. The van der Waals surface area contributed by atoms with Gasteiger partial charge in [-0.05, 0) is 52.7 Å². The zero-order valence-corrected chi connectivity index (χ0v) is 12.0. The molecule has 98 valence electrons. The van der Waals surface area contributed by atoms with Gasteiger partial charge in [0.1, 0.15) is 0 Å². The maximum atomic E-state index is 12.3. The number of hydrogen-bond donors (Lipinski definition) is 2. The highest BCUT2D eigenvalue weighted by Crippen LogP contribution is 2.22. The van der Waals surface area contributed by atoms with E-state index in [0.29, 0.717) is 18.5 Å². The van der Waals surface area contributed by atoms with Crippen LogP contribution in [0.4, 0.5) is 5.69 Å². The fraction of sp³-hybridized carbons (Fsp3) is 0.133. The molecule has 2 aromatic carbocycles. The van der Waals surface area contributed by atoms with Crippen LogP contribution in [0.2, 0.25) is 0 Å². The molecule has 0 aliphatic heterocycles. The van der Waals surface area contributed by atoms with E-state index in [1.807, 2.05) is 48.5 Å². The molecule has 4 heteroatoms. The molecule has 0 heterocycles. The first kappa shape index (κ1) is 13.8. The van der Waals surface area contributed by atoms with Gasteiger partial charge in [-0.3, -0.25) is 4.79 Å². The van der Waals surface area contributed by atoms with Crippen LogP contribution in [0.15, 0.2) is 53.0 Å². The molecule has 2 aromatic rings. The molecule has 19 heavy (non-hydrogen) atoms. The highest BCUT2D eigenvalue weighted by atomic mass is 79.9. The Labute approximate surface area is 121 Å². The lowest BCUT2D eigenvalue weighted by Crippen LogP contribution is -2.16. The van der Waals surface area contributed by atoms with Crippen molar-refractivity contribution >= 4 is 27.5 Å². The Morgan fingerprint density at radius 1 is 1.11 bits per heavy atom. The number of nitrogens with two attached hydrogens (primary N) is 1. The summed E-state index contributed by atoms with van der Waals surface area (Å²) in [5.74, 6) is -0.115. The van der Waals surface area contributed by atoms with Crippen molar-refractivity contribution in [2.24, 2.45) is 5.73 Å².